The van der Waals surface area contributed by atoms with E-state index < -0.39 is 6.04 Å². The van der Waals surface area contributed by atoms with E-state index in [0.29, 0.717) is 27.8 Å². The Morgan fingerprint density at radius 1 is 1.24 bits per heavy atom. The largest absolute Gasteiger partial charge is 0.326 e. The average Bonchev–Trinajstić information content (AvgIpc) is 3.14. The lowest BCUT2D eigenvalue weighted by Crippen LogP contribution is -2.24. The molecule has 0 radical (unpaired) electrons. The van der Waals surface area contributed by atoms with E-state index in [1.807, 2.05) is 13.8 Å². The van der Waals surface area contributed by atoms with Crippen LogP contribution in [0.5, 0.6) is 0 Å². The highest BCUT2D eigenvalue weighted by Gasteiger charge is 2.36. The molecule has 1 unspecified atom stereocenters. The molecule has 1 atom stereocenters. The highest BCUT2D eigenvalue weighted by molar-refractivity contribution is 6.31. The third kappa shape index (κ3) is 3.49. The summed E-state index contributed by atoms with van der Waals surface area (Å²) >= 11 is 6.09. The minimum atomic E-state index is -0.766. The first-order chi connectivity index (χ1) is 13.8. The zero-order valence-corrected chi connectivity index (χ0v) is 16.5. The Kier molecular flexibility index (Phi) is 4.84. The quantitative estimate of drug-likeness (QED) is 0.663. The number of aromatic nitrogens is 2. The monoisotopic (exact) mass is 412 g/mol. The average molecular weight is 413 g/mol. The summed E-state index contributed by atoms with van der Waals surface area (Å²) in [6.45, 7) is 3.62. The second-order valence-corrected chi connectivity index (χ2v) is 7.34. The van der Waals surface area contributed by atoms with E-state index in [0.717, 1.165) is 11.1 Å². The minimum Gasteiger partial charge on any atom is -0.326 e. The minimum absolute atomic E-state index is 0.0746. The predicted octanol–water partition coefficient (Wildman–Crippen LogP) is 4.48. The van der Waals surface area contributed by atoms with Crippen molar-refractivity contribution in [2.24, 2.45) is 0 Å². The van der Waals surface area contributed by atoms with Crippen molar-refractivity contribution in [3.05, 3.63) is 64.6 Å². The van der Waals surface area contributed by atoms with Crippen LogP contribution in [0.25, 0.3) is 11.1 Å². The van der Waals surface area contributed by atoms with E-state index in [9.17, 15) is 14.0 Å². The number of anilines is 2. The third-order valence-corrected chi connectivity index (χ3v) is 5.39. The molecule has 29 heavy (non-hydrogen) atoms. The van der Waals surface area contributed by atoms with E-state index in [4.69, 9.17) is 11.6 Å². The molecule has 2 aromatic carbocycles. The predicted molar refractivity (Wildman–Crippen MR) is 109 cm³/mol. The van der Waals surface area contributed by atoms with Crippen LogP contribution in [0.4, 0.5) is 15.9 Å². The summed E-state index contributed by atoms with van der Waals surface area (Å²) in [7, 11) is 0. The number of halogens is 2. The Morgan fingerprint density at radius 3 is 2.69 bits per heavy atom. The van der Waals surface area contributed by atoms with Crippen molar-refractivity contribution in [1.82, 2.24) is 9.78 Å². The zero-order chi connectivity index (χ0) is 20.7. The summed E-state index contributed by atoms with van der Waals surface area (Å²) in [5.74, 6) is -0.463. The third-order valence-electron chi connectivity index (χ3n) is 4.98. The first kappa shape index (κ1) is 19.1. The molecule has 2 N–H and O–H groups in total. The highest BCUT2D eigenvalue weighted by Crippen LogP contribution is 2.38. The first-order valence-corrected chi connectivity index (χ1v) is 9.44. The second-order valence-electron chi connectivity index (χ2n) is 6.93. The van der Waals surface area contributed by atoms with Crippen molar-refractivity contribution >= 4 is 34.9 Å². The molecule has 0 saturated heterocycles. The molecular formula is C21H18ClFN4O2. The summed E-state index contributed by atoms with van der Waals surface area (Å²) in [6, 6.07) is 10.5. The standard InChI is InChI=1S/C21H18ClFN4O2/c1-11-15(22)4-3-5-16(11)24-18(28)10-17-21(29)25-20-19(12(2)26-27(17)20)13-6-8-14(23)9-7-13/h3-9,17H,10H2,1-2H3,(H,24,28)(H,25,29). The maximum atomic E-state index is 13.3. The zero-order valence-electron chi connectivity index (χ0n) is 15.8. The number of amides is 2. The second kappa shape index (κ2) is 7.33. The van der Waals surface area contributed by atoms with E-state index in [1.165, 1.54) is 16.8 Å². The van der Waals surface area contributed by atoms with E-state index in [2.05, 4.69) is 15.7 Å². The van der Waals surface area contributed by atoms with Crippen molar-refractivity contribution < 1.29 is 14.0 Å². The lowest BCUT2D eigenvalue weighted by atomic mass is 10.1. The van der Waals surface area contributed by atoms with Crippen LogP contribution in [-0.4, -0.2) is 21.6 Å². The van der Waals surface area contributed by atoms with Crippen LogP contribution in [-0.2, 0) is 9.59 Å². The van der Waals surface area contributed by atoms with Gasteiger partial charge in [-0.15, -0.1) is 0 Å². The van der Waals surface area contributed by atoms with Gasteiger partial charge in [-0.25, -0.2) is 9.07 Å². The molecule has 0 spiro atoms. The topological polar surface area (TPSA) is 76.0 Å². The summed E-state index contributed by atoms with van der Waals surface area (Å²) < 4.78 is 14.8. The molecule has 6 nitrogen and oxygen atoms in total. The molecule has 4 rings (SSSR count). The lowest BCUT2D eigenvalue weighted by Gasteiger charge is -2.12. The molecule has 1 aliphatic heterocycles. The lowest BCUT2D eigenvalue weighted by molar-refractivity contribution is -0.123. The van der Waals surface area contributed by atoms with Gasteiger partial charge in [0.2, 0.25) is 5.91 Å². The van der Waals surface area contributed by atoms with Gasteiger partial charge in [-0.3, -0.25) is 9.59 Å². The Balaban J connectivity index is 1.59. The van der Waals surface area contributed by atoms with Crippen LogP contribution in [0.15, 0.2) is 42.5 Å². The fourth-order valence-corrected chi connectivity index (χ4v) is 3.64. The number of rotatable bonds is 4. The number of nitrogens with one attached hydrogen (secondary N) is 2. The fourth-order valence-electron chi connectivity index (χ4n) is 3.46. The van der Waals surface area contributed by atoms with Gasteiger partial charge in [0.05, 0.1) is 12.1 Å². The Bertz CT molecular complexity index is 1120. The van der Waals surface area contributed by atoms with E-state index in [-0.39, 0.29) is 24.1 Å². The van der Waals surface area contributed by atoms with Gasteiger partial charge < -0.3 is 10.6 Å². The maximum Gasteiger partial charge on any atom is 0.251 e. The number of aryl methyl sites for hydroxylation is 1. The van der Waals surface area contributed by atoms with Crippen LogP contribution in [0.3, 0.4) is 0 Å². The number of benzene rings is 2. The molecular weight excluding hydrogens is 395 g/mol. The van der Waals surface area contributed by atoms with Gasteiger partial charge in [-0.05, 0) is 49.2 Å². The van der Waals surface area contributed by atoms with Gasteiger partial charge in [0, 0.05) is 16.3 Å². The van der Waals surface area contributed by atoms with Crippen LogP contribution in [0, 0.1) is 19.7 Å². The highest BCUT2D eigenvalue weighted by atomic mass is 35.5. The van der Waals surface area contributed by atoms with Crippen molar-refractivity contribution in [3.63, 3.8) is 0 Å². The van der Waals surface area contributed by atoms with Crippen LogP contribution in [0.2, 0.25) is 5.02 Å². The van der Waals surface area contributed by atoms with Gasteiger partial charge in [0.1, 0.15) is 17.7 Å². The molecule has 148 valence electrons. The van der Waals surface area contributed by atoms with Crippen molar-refractivity contribution in [1.29, 1.82) is 0 Å². The molecule has 3 aromatic rings. The first-order valence-electron chi connectivity index (χ1n) is 9.06. The van der Waals surface area contributed by atoms with E-state index in [1.54, 1.807) is 30.3 Å². The van der Waals surface area contributed by atoms with Gasteiger partial charge in [0.25, 0.3) is 5.91 Å². The number of hydrogen-bond acceptors (Lipinski definition) is 3. The summed E-state index contributed by atoms with van der Waals surface area (Å²) in [4.78, 5) is 25.1. The molecule has 8 heteroatoms. The molecule has 0 aliphatic carbocycles. The smallest absolute Gasteiger partial charge is 0.251 e. The number of hydrogen-bond donors (Lipinski definition) is 2. The number of carbonyl (C=O) groups is 2. The van der Waals surface area contributed by atoms with Crippen LogP contribution in [0.1, 0.15) is 23.7 Å². The van der Waals surface area contributed by atoms with Crippen molar-refractivity contribution in [2.45, 2.75) is 26.3 Å². The number of nitrogens with zero attached hydrogens (tertiary/aromatic N) is 2. The van der Waals surface area contributed by atoms with Gasteiger partial charge in [0.15, 0.2) is 0 Å². The molecule has 2 heterocycles. The van der Waals surface area contributed by atoms with Gasteiger partial charge in [-0.2, -0.15) is 5.10 Å². The number of fused-ring (bicyclic) bond motifs is 1. The van der Waals surface area contributed by atoms with Crippen molar-refractivity contribution in [3.8, 4) is 11.1 Å². The number of carbonyl (C=O) groups excluding carboxylic acids is 2. The Hall–Kier alpha value is -3.19. The van der Waals surface area contributed by atoms with Crippen LogP contribution >= 0.6 is 11.6 Å². The Labute approximate surface area is 171 Å². The van der Waals surface area contributed by atoms with E-state index >= 15 is 0 Å². The SMILES string of the molecule is Cc1nn2c(c1-c1ccc(F)cc1)NC(=O)C2CC(=O)Nc1cccc(Cl)c1C. The summed E-state index contributed by atoms with van der Waals surface area (Å²) in [6.07, 6.45) is -0.0746. The molecule has 2 amide bonds. The fraction of sp³-hybridized carbons (Fsp3) is 0.190. The van der Waals surface area contributed by atoms with Gasteiger partial charge >= 0.3 is 0 Å². The molecule has 1 aromatic heterocycles. The summed E-state index contributed by atoms with van der Waals surface area (Å²) in [5, 5.41) is 10.6. The molecule has 0 fully saturated rings. The molecule has 0 saturated carbocycles. The molecule has 0 bridgehead atoms. The summed E-state index contributed by atoms with van der Waals surface area (Å²) in [5.41, 5.74) is 3.50. The molecule has 1 aliphatic rings. The Morgan fingerprint density at radius 2 is 1.97 bits per heavy atom. The van der Waals surface area contributed by atoms with Crippen molar-refractivity contribution in [2.75, 3.05) is 10.6 Å². The normalized spacial score (nSPS) is 15.2. The van der Waals surface area contributed by atoms with Crippen LogP contribution < -0.4 is 10.6 Å². The maximum absolute atomic E-state index is 13.3. The van der Waals surface area contributed by atoms with Gasteiger partial charge in [-0.1, -0.05) is 29.8 Å².